The van der Waals surface area contributed by atoms with Gasteiger partial charge in [-0.1, -0.05) is 29.3 Å². The SMILES string of the molecule is CCOC(=O)N1CCC(=C2c3ccc(Cl)cc3S(=O)(=O)C(C)(C)c3cccnc32)CC1. The Morgan fingerprint density at radius 1 is 1.23 bits per heavy atom. The number of likely N-dealkylation sites (tertiary alicyclic amines) is 1. The number of benzene rings is 1. The molecule has 31 heavy (non-hydrogen) atoms. The average molecular weight is 461 g/mol. The molecule has 0 aliphatic carbocycles. The second-order valence-electron chi connectivity index (χ2n) is 8.22. The van der Waals surface area contributed by atoms with Crippen molar-refractivity contribution in [3.8, 4) is 0 Å². The summed E-state index contributed by atoms with van der Waals surface area (Å²) in [5.74, 6) is 0. The van der Waals surface area contributed by atoms with Crippen molar-refractivity contribution in [1.29, 1.82) is 0 Å². The molecule has 0 N–H and O–H groups in total. The molecule has 0 radical (unpaired) electrons. The smallest absolute Gasteiger partial charge is 0.409 e. The number of hydrogen-bond acceptors (Lipinski definition) is 5. The number of amides is 1. The van der Waals surface area contributed by atoms with Crippen LogP contribution in [-0.2, 0) is 19.3 Å². The second-order valence-corrected chi connectivity index (χ2v) is 11.1. The van der Waals surface area contributed by atoms with E-state index in [4.69, 9.17) is 16.3 Å². The molecular weight excluding hydrogens is 436 g/mol. The highest BCUT2D eigenvalue weighted by molar-refractivity contribution is 7.92. The molecule has 1 aromatic heterocycles. The van der Waals surface area contributed by atoms with Gasteiger partial charge < -0.3 is 9.64 Å². The zero-order chi connectivity index (χ0) is 22.4. The number of nitrogens with zero attached hydrogens (tertiary/aromatic N) is 2. The van der Waals surface area contributed by atoms with Crippen LogP contribution < -0.4 is 0 Å². The number of carbonyl (C=O) groups is 1. The highest BCUT2D eigenvalue weighted by atomic mass is 35.5. The van der Waals surface area contributed by atoms with Gasteiger partial charge in [-0.15, -0.1) is 0 Å². The summed E-state index contributed by atoms with van der Waals surface area (Å²) in [5.41, 5.74) is 3.88. The molecule has 3 heterocycles. The van der Waals surface area contributed by atoms with Crippen molar-refractivity contribution in [2.75, 3.05) is 19.7 Å². The molecule has 1 saturated heterocycles. The van der Waals surface area contributed by atoms with Gasteiger partial charge in [-0.2, -0.15) is 0 Å². The van der Waals surface area contributed by atoms with E-state index in [0.29, 0.717) is 54.4 Å². The van der Waals surface area contributed by atoms with Gasteiger partial charge in [0.1, 0.15) is 0 Å². The van der Waals surface area contributed by atoms with Crippen LogP contribution in [0.5, 0.6) is 0 Å². The number of rotatable bonds is 1. The first kappa shape index (κ1) is 21.8. The third-order valence-electron chi connectivity index (χ3n) is 6.11. The average Bonchev–Trinajstić information content (AvgIpc) is 2.80. The van der Waals surface area contributed by atoms with Gasteiger partial charge in [0.25, 0.3) is 0 Å². The number of ether oxygens (including phenoxy) is 1. The van der Waals surface area contributed by atoms with Crippen LogP contribution in [0.3, 0.4) is 0 Å². The van der Waals surface area contributed by atoms with Gasteiger partial charge in [0.15, 0.2) is 9.84 Å². The lowest BCUT2D eigenvalue weighted by molar-refractivity contribution is 0.104. The molecule has 2 aromatic rings. The maximum Gasteiger partial charge on any atom is 0.409 e. The fourth-order valence-corrected chi connectivity index (χ4v) is 6.33. The monoisotopic (exact) mass is 460 g/mol. The Labute approximate surface area is 187 Å². The molecule has 1 aromatic carbocycles. The minimum absolute atomic E-state index is 0.221. The van der Waals surface area contributed by atoms with Crippen LogP contribution >= 0.6 is 11.6 Å². The number of hydrogen-bond donors (Lipinski definition) is 0. The lowest BCUT2D eigenvalue weighted by atomic mass is 9.87. The summed E-state index contributed by atoms with van der Waals surface area (Å²) < 4.78 is 31.4. The first-order valence-corrected chi connectivity index (χ1v) is 12.2. The van der Waals surface area contributed by atoms with Crippen LogP contribution in [0.2, 0.25) is 5.02 Å². The molecule has 2 aliphatic heterocycles. The second kappa shape index (κ2) is 7.95. The van der Waals surface area contributed by atoms with E-state index in [9.17, 15) is 13.2 Å². The van der Waals surface area contributed by atoms with Crippen LogP contribution in [0, 0.1) is 0 Å². The number of aromatic nitrogens is 1. The molecule has 0 bridgehead atoms. The van der Waals surface area contributed by atoms with Crippen molar-refractivity contribution in [2.45, 2.75) is 43.3 Å². The molecule has 4 rings (SSSR count). The van der Waals surface area contributed by atoms with Crippen molar-refractivity contribution in [2.24, 2.45) is 0 Å². The highest BCUT2D eigenvalue weighted by Crippen LogP contribution is 2.47. The molecule has 6 nitrogen and oxygen atoms in total. The van der Waals surface area contributed by atoms with E-state index in [1.807, 2.05) is 6.07 Å². The Bertz CT molecular complexity index is 1180. The van der Waals surface area contributed by atoms with Gasteiger partial charge in [0.05, 0.1) is 21.9 Å². The molecule has 0 spiro atoms. The van der Waals surface area contributed by atoms with Gasteiger partial charge in [0, 0.05) is 35.4 Å². The van der Waals surface area contributed by atoms with Gasteiger partial charge in [0.2, 0.25) is 0 Å². The number of halogens is 1. The predicted octanol–water partition coefficient (Wildman–Crippen LogP) is 4.81. The Hall–Kier alpha value is -2.38. The first-order valence-electron chi connectivity index (χ1n) is 10.3. The number of piperidine rings is 1. The maximum absolute atomic E-state index is 13.7. The summed E-state index contributed by atoms with van der Waals surface area (Å²) in [6, 6.07) is 8.63. The Balaban J connectivity index is 1.94. The summed E-state index contributed by atoms with van der Waals surface area (Å²) >= 11 is 6.22. The third kappa shape index (κ3) is 3.53. The van der Waals surface area contributed by atoms with Crippen LogP contribution in [0.4, 0.5) is 4.79 Å². The van der Waals surface area contributed by atoms with Crippen molar-refractivity contribution < 1.29 is 17.9 Å². The van der Waals surface area contributed by atoms with E-state index in [1.165, 1.54) is 6.07 Å². The number of sulfone groups is 1. The number of carbonyl (C=O) groups excluding carboxylic acids is 1. The molecular formula is C23H25ClN2O4S. The van der Waals surface area contributed by atoms with E-state index in [-0.39, 0.29) is 11.0 Å². The lowest BCUT2D eigenvalue weighted by Crippen LogP contribution is -2.37. The molecule has 0 saturated carbocycles. The van der Waals surface area contributed by atoms with Gasteiger partial charge in [-0.25, -0.2) is 13.2 Å². The minimum atomic E-state index is -3.74. The molecule has 1 fully saturated rings. The zero-order valence-electron chi connectivity index (χ0n) is 17.8. The van der Waals surface area contributed by atoms with Crippen LogP contribution in [0.25, 0.3) is 5.57 Å². The van der Waals surface area contributed by atoms with E-state index < -0.39 is 14.6 Å². The van der Waals surface area contributed by atoms with Crippen molar-refractivity contribution in [3.05, 3.63) is 63.9 Å². The number of pyridine rings is 1. The molecule has 2 aliphatic rings. The summed E-state index contributed by atoms with van der Waals surface area (Å²) in [6.07, 6.45) is 2.61. The fourth-order valence-electron chi connectivity index (χ4n) is 4.34. The lowest BCUT2D eigenvalue weighted by Gasteiger charge is -2.29. The summed E-state index contributed by atoms with van der Waals surface area (Å²) in [4.78, 5) is 18.7. The van der Waals surface area contributed by atoms with Crippen LogP contribution in [0.15, 0.2) is 47.0 Å². The van der Waals surface area contributed by atoms with Crippen LogP contribution in [-0.4, -0.2) is 44.1 Å². The zero-order valence-corrected chi connectivity index (χ0v) is 19.4. The van der Waals surface area contributed by atoms with Crippen molar-refractivity contribution in [1.82, 2.24) is 9.88 Å². The fraction of sp³-hybridized carbons (Fsp3) is 0.391. The molecule has 0 atom stereocenters. The summed E-state index contributed by atoms with van der Waals surface area (Å²) in [7, 11) is -3.74. The number of fused-ring (bicyclic) bond motifs is 2. The van der Waals surface area contributed by atoms with E-state index in [1.54, 1.807) is 50.1 Å². The Morgan fingerprint density at radius 3 is 2.61 bits per heavy atom. The topological polar surface area (TPSA) is 76.6 Å². The van der Waals surface area contributed by atoms with E-state index in [0.717, 1.165) is 11.1 Å². The predicted molar refractivity (Wildman–Crippen MR) is 120 cm³/mol. The summed E-state index contributed by atoms with van der Waals surface area (Å²) in [6.45, 7) is 6.57. The third-order valence-corrected chi connectivity index (χ3v) is 8.83. The normalized spacial score (nSPS) is 19.3. The quantitative estimate of drug-likeness (QED) is 0.610. The highest BCUT2D eigenvalue weighted by Gasteiger charge is 2.45. The van der Waals surface area contributed by atoms with Crippen LogP contribution in [0.1, 0.15) is 50.4 Å². The molecule has 1 amide bonds. The first-order chi connectivity index (χ1) is 14.7. The van der Waals surface area contributed by atoms with Gasteiger partial charge in [-0.05, 0) is 57.4 Å². The minimum Gasteiger partial charge on any atom is -0.450 e. The standard InChI is InChI=1S/C23H25ClN2O4S/c1-4-30-22(27)26-12-9-15(10-13-26)20-17-8-7-16(24)14-19(17)31(28,29)23(2,3)18-6-5-11-25-21(18)20/h5-8,11,14H,4,9-10,12-13H2,1-3H3. The van der Waals surface area contributed by atoms with E-state index >= 15 is 0 Å². The summed E-state index contributed by atoms with van der Waals surface area (Å²) in [5, 5.41) is 0.374. The Kier molecular flexibility index (Phi) is 5.60. The van der Waals surface area contributed by atoms with Gasteiger partial charge in [-0.3, -0.25) is 4.98 Å². The molecule has 0 unspecified atom stereocenters. The van der Waals surface area contributed by atoms with Crippen molar-refractivity contribution >= 4 is 33.1 Å². The largest absolute Gasteiger partial charge is 0.450 e. The van der Waals surface area contributed by atoms with Gasteiger partial charge >= 0.3 is 6.09 Å². The van der Waals surface area contributed by atoms with E-state index in [2.05, 4.69) is 4.98 Å². The van der Waals surface area contributed by atoms with Crippen molar-refractivity contribution in [3.63, 3.8) is 0 Å². The maximum atomic E-state index is 13.7. The Morgan fingerprint density at radius 2 is 1.94 bits per heavy atom. The molecule has 8 heteroatoms. The molecule has 164 valence electrons.